The van der Waals surface area contributed by atoms with E-state index in [1.165, 1.54) is 0 Å². The van der Waals surface area contributed by atoms with Gasteiger partial charge in [-0.3, -0.25) is 0 Å². The highest BCUT2D eigenvalue weighted by Crippen LogP contribution is 2.51. The highest BCUT2D eigenvalue weighted by molar-refractivity contribution is 9.10. The Hall–Kier alpha value is -1.02. The summed E-state index contributed by atoms with van der Waals surface area (Å²) in [5.41, 5.74) is 0.770. The average Bonchev–Trinajstić information content (AvgIpc) is 2.60. The molecule has 6 nitrogen and oxygen atoms in total. The number of hydrogen-bond donors (Lipinski definition) is 1. The maximum absolute atomic E-state index is 9.65. The molecule has 0 radical (unpaired) electrons. The zero-order chi connectivity index (χ0) is 17.9. The van der Waals surface area contributed by atoms with E-state index in [4.69, 9.17) is 23.7 Å². The SMILES string of the molecule is COc1cc(Br)c(OC)c([C@H]2O[C@H](CO)[C@@H](OC)C[C@@H]2C)c1OC. The second kappa shape index (κ2) is 8.38. The molecule has 0 saturated carbocycles. The first-order valence-electron chi connectivity index (χ1n) is 7.79. The van der Waals surface area contributed by atoms with E-state index in [-0.39, 0.29) is 24.7 Å². The van der Waals surface area contributed by atoms with Crippen molar-refractivity contribution < 1.29 is 28.8 Å². The van der Waals surface area contributed by atoms with Gasteiger partial charge in [-0.2, -0.15) is 0 Å². The Kier molecular flexibility index (Phi) is 6.74. The first kappa shape index (κ1) is 19.3. The van der Waals surface area contributed by atoms with Crippen molar-refractivity contribution in [2.45, 2.75) is 31.7 Å². The molecule has 24 heavy (non-hydrogen) atoms. The largest absolute Gasteiger partial charge is 0.495 e. The van der Waals surface area contributed by atoms with Crippen LogP contribution in [0.25, 0.3) is 0 Å². The van der Waals surface area contributed by atoms with E-state index in [1.807, 2.05) is 0 Å². The molecule has 0 aliphatic carbocycles. The summed E-state index contributed by atoms with van der Waals surface area (Å²) in [6.07, 6.45) is -0.110. The molecule has 1 heterocycles. The summed E-state index contributed by atoms with van der Waals surface area (Å²) in [7, 11) is 6.41. The van der Waals surface area contributed by atoms with Gasteiger partial charge in [-0.15, -0.1) is 0 Å². The normalized spacial score (nSPS) is 27.0. The van der Waals surface area contributed by atoms with Crippen molar-refractivity contribution in [1.29, 1.82) is 0 Å². The fourth-order valence-corrected chi connectivity index (χ4v) is 3.84. The summed E-state index contributed by atoms with van der Waals surface area (Å²) in [5.74, 6) is 1.93. The van der Waals surface area contributed by atoms with Crippen LogP contribution in [0.15, 0.2) is 10.5 Å². The van der Waals surface area contributed by atoms with E-state index in [9.17, 15) is 5.11 Å². The van der Waals surface area contributed by atoms with Crippen molar-refractivity contribution in [2.24, 2.45) is 5.92 Å². The monoisotopic (exact) mass is 404 g/mol. The van der Waals surface area contributed by atoms with Crippen LogP contribution in [-0.2, 0) is 9.47 Å². The van der Waals surface area contributed by atoms with Crippen molar-refractivity contribution >= 4 is 15.9 Å². The quantitative estimate of drug-likeness (QED) is 0.785. The second-order valence-corrected chi connectivity index (χ2v) is 6.66. The molecular formula is C17H25BrO6. The molecule has 0 bridgehead atoms. The third-order valence-electron chi connectivity index (χ3n) is 4.44. The third kappa shape index (κ3) is 3.49. The Morgan fingerprint density at radius 1 is 1.17 bits per heavy atom. The van der Waals surface area contributed by atoms with E-state index in [1.54, 1.807) is 34.5 Å². The van der Waals surface area contributed by atoms with Gasteiger partial charge >= 0.3 is 0 Å². The molecule has 0 spiro atoms. The van der Waals surface area contributed by atoms with E-state index in [0.29, 0.717) is 17.2 Å². The molecule has 1 aliphatic heterocycles. The molecule has 0 aromatic heterocycles. The van der Waals surface area contributed by atoms with Gasteiger partial charge < -0.3 is 28.8 Å². The van der Waals surface area contributed by atoms with Crippen LogP contribution >= 0.6 is 15.9 Å². The highest BCUT2D eigenvalue weighted by atomic mass is 79.9. The van der Waals surface area contributed by atoms with Crippen LogP contribution in [0.4, 0.5) is 0 Å². The Balaban J connectivity index is 2.55. The predicted molar refractivity (Wildman–Crippen MR) is 93.1 cm³/mol. The summed E-state index contributed by atoms with van der Waals surface area (Å²) in [6.45, 7) is 1.97. The van der Waals surface area contributed by atoms with Crippen molar-refractivity contribution in [3.8, 4) is 17.2 Å². The molecule has 7 heteroatoms. The molecule has 1 aromatic carbocycles. The van der Waals surface area contributed by atoms with Crippen molar-refractivity contribution in [3.05, 3.63) is 16.1 Å². The van der Waals surface area contributed by atoms with Gasteiger partial charge in [-0.25, -0.2) is 0 Å². The number of aliphatic hydroxyl groups is 1. The molecule has 1 aliphatic rings. The molecule has 136 valence electrons. The minimum Gasteiger partial charge on any atom is -0.495 e. The van der Waals surface area contributed by atoms with Crippen molar-refractivity contribution in [1.82, 2.24) is 0 Å². The fraction of sp³-hybridized carbons (Fsp3) is 0.647. The highest BCUT2D eigenvalue weighted by Gasteiger charge is 2.40. The lowest BCUT2D eigenvalue weighted by molar-refractivity contribution is -0.167. The molecule has 1 aromatic rings. The predicted octanol–water partition coefficient (Wildman–Crippen LogP) is 2.95. The Bertz CT molecular complexity index is 565. The number of aliphatic hydroxyl groups excluding tert-OH is 1. The Labute approximate surface area is 151 Å². The first-order valence-corrected chi connectivity index (χ1v) is 8.59. The van der Waals surface area contributed by atoms with Crippen LogP contribution in [0.1, 0.15) is 25.0 Å². The number of hydrogen-bond acceptors (Lipinski definition) is 6. The number of benzene rings is 1. The zero-order valence-electron chi connectivity index (χ0n) is 14.7. The maximum atomic E-state index is 9.65. The van der Waals surface area contributed by atoms with Gasteiger partial charge in [-0.1, -0.05) is 6.92 Å². The van der Waals surface area contributed by atoms with Gasteiger partial charge in [0.2, 0.25) is 0 Å². The van der Waals surface area contributed by atoms with E-state index < -0.39 is 6.10 Å². The molecule has 2 rings (SSSR count). The van der Waals surface area contributed by atoms with Crippen LogP contribution in [-0.4, -0.2) is 52.4 Å². The lowest BCUT2D eigenvalue weighted by Gasteiger charge is -2.40. The van der Waals surface area contributed by atoms with Crippen molar-refractivity contribution in [2.75, 3.05) is 35.0 Å². The van der Waals surface area contributed by atoms with Gasteiger partial charge in [0, 0.05) is 13.2 Å². The number of rotatable bonds is 6. The van der Waals surface area contributed by atoms with Crippen molar-refractivity contribution in [3.63, 3.8) is 0 Å². The summed E-state index contributed by atoms with van der Waals surface area (Å²) in [4.78, 5) is 0. The average molecular weight is 405 g/mol. The summed E-state index contributed by atoms with van der Waals surface area (Å²) in [5, 5.41) is 9.65. The van der Waals surface area contributed by atoms with E-state index >= 15 is 0 Å². The lowest BCUT2D eigenvalue weighted by Crippen LogP contribution is -2.43. The number of methoxy groups -OCH3 is 4. The van der Waals surface area contributed by atoms with Crippen LogP contribution < -0.4 is 14.2 Å². The minimum absolute atomic E-state index is 0.114. The van der Waals surface area contributed by atoms with Gasteiger partial charge in [0.1, 0.15) is 11.9 Å². The molecular weight excluding hydrogens is 380 g/mol. The van der Waals surface area contributed by atoms with Gasteiger partial charge in [0.05, 0.1) is 50.2 Å². The molecule has 0 amide bonds. The standard InChI is InChI=1S/C17H25BrO6/c1-9-6-11(20-2)13(8-19)24-15(9)14-16(22-4)10(18)7-12(21-3)17(14)23-5/h7,9,11,13,15,19H,6,8H2,1-5H3/t9-,11-,13+,15-/m0/s1. The maximum Gasteiger partial charge on any atom is 0.170 e. The number of ether oxygens (including phenoxy) is 5. The van der Waals surface area contributed by atoms with E-state index in [0.717, 1.165) is 16.5 Å². The Morgan fingerprint density at radius 3 is 2.33 bits per heavy atom. The van der Waals surface area contributed by atoms with Gasteiger partial charge in [0.25, 0.3) is 0 Å². The molecule has 1 fully saturated rings. The smallest absolute Gasteiger partial charge is 0.170 e. The summed E-state index contributed by atoms with van der Waals surface area (Å²) < 4.78 is 29.0. The second-order valence-electron chi connectivity index (χ2n) is 5.81. The van der Waals surface area contributed by atoms with Gasteiger partial charge in [0.15, 0.2) is 11.5 Å². The van der Waals surface area contributed by atoms with Crippen LogP contribution in [0.2, 0.25) is 0 Å². The summed E-state index contributed by atoms with van der Waals surface area (Å²) >= 11 is 3.52. The molecule has 0 unspecified atom stereocenters. The lowest BCUT2D eigenvalue weighted by atomic mass is 9.86. The topological polar surface area (TPSA) is 66.4 Å². The fourth-order valence-electron chi connectivity index (χ4n) is 3.25. The summed E-state index contributed by atoms with van der Waals surface area (Å²) in [6, 6.07) is 1.80. The minimum atomic E-state index is -0.407. The zero-order valence-corrected chi connectivity index (χ0v) is 16.3. The van der Waals surface area contributed by atoms with E-state index in [2.05, 4.69) is 22.9 Å². The molecule has 1 saturated heterocycles. The molecule has 1 N–H and O–H groups in total. The Morgan fingerprint density at radius 2 is 1.83 bits per heavy atom. The number of halogens is 1. The molecule has 4 atom stereocenters. The third-order valence-corrected chi connectivity index (χ3v) is 5.03. The van der Waals surface area contributed by atoms with Crippen LogP contribution in [0, 0.1) is 5.92 Å². The first-order chi connectivity index (χ1) is 11.5. The van der Waals surface area contributed by atoms with Crippen LogP contribution in [0.5, 0.6) is 17.2 Å². The van der Waals surface area contributed by atoms with Crippen LogP contribution in [0.3, 0.4) is 0 Å². The van der Waals surface area contributed by atoms with Gasteiger partial charge in [-0.05, 0) is 28.3 Å².